The Morgan fingerprint density at radius 3 is 2.56 bits per heavy atom. The fourth-order valence-electron chi connectivity index (χ4n) is 1.89. The predicted octanol–water partition coefficient (Wildman–Crippen LogP) is 4.16. The maximum Gasteiger partial charge on any atom is 0.416 e. The Morgan fingerprint density at radius 1 is 1.33 bits per heavy atom. The second-order valence-corrected chi connectivity index (χ2v) is 5.54. The maximum atomic E-state index is 12.6. The Balaban J connectivity index is 2.03. The summed E-state index contributed by atoms with van der Waals surface area (Å²) in [6, 6.07) is 5.49. The molecule has 1 N–H and O–H groups in total. The molecule has 0 heterocycles. The maximum absolute atomic E-state index is 12.6. The first-order chi connectivity index (χ1) is 8.30. The molecule has 0 amide bonds. The minimum Gasteiger partial charge on any atom is -0.310 e. The molecule has 1 saturated carbocycles. The van der Waals surface area contributed by atoms with Gasteiger partial charge in [0.15, 0.2) is 0 Å². The lowest BCUT2D eigenvalue weighted by Crippen LogP contribution is -2.25. The van der Waals surface area contributed by atoms with Gasteiger partial charge >= 0.3 is 6.18 Å². The molecule has 100 valence electrons. The number of hydrogen-bond donors (Lipinski definition) is 1. The Labute approximate surface area is 105 Å². The average molecular weight is 257 g/mol. The highest BCUT2D eigenvalue weighted by Crippen LogP contribution is 2.44. The summed E-state index contributed by atoms with van der Waals surface area (Å²) >= 11 is 0. The van der Waals surface area contributed by atoms with Gasteiger partial charge in [-0.2, -0.15) is 13.2 Å². The van der Waals surface area contributed by atoms with Crippen LogP contribution in [0.2, 0.25) is 0 Å². The van der Waals surface area contributed by atoms with Crippen LogP contribution in [0.3, 0.4) is 0 Å². The van der Waals surface area contributed by atoms with Crippen LogP contribution in [0.4, 0.5) is 13.2 Å². The summed E-state index contributed by atoms with van der Waals surface area (Å²) in [6.45, 7) is 4.96. The Morgan fingerprint density at radius 2 is 2.00 bits per heavy atom. The van der Waals surface area contributed by atoms with Crippen LogP contribution in [0.1, 0.15) is 43.9 Å². The van der Waals surface area contributed by atoms with Crippen LogP contribution in [-0.4, -0.2) is 6.54 Å². The van der Waals surface area contributed by atoms with Crippen molar-refractivity contribution < 1.29 is 13.2 Å². The van der Waals surface area contributed by atoms with Crippen LogP contribution in [0.5, 0.6) is 0 Å². The van der Waals surface area contributed by atoms with Crippen LogP contribution in [-0.2, 0) is 6.18 Å². The lowest BCUT2D eigenvalue weighted by atomic mass is 10.0. The normalized spacial score (nSPS) is 19.6. The van der Waals surface area contributed by atoms with Gasteiger partial charge in [-0.15, -0.1) is 0 Å². The molecule has 1 nitrogen and oxygen atoms in total. The molecule has 0 aliphatic heterocycles. The lowest BCUT2D eigenvalue weighted by molar-refractivity contribution is -0.137. The highest BCUT2D eigenvalue weighted by atomic mass is 19.4. The van der Waals surface area contributed by atoms with Gasteiger partial charge in [-0.05, 0) is 42.9 Å². The van der Waals surface area contributed by atoms with Crippen LogP contribution >= 0.6 is 0 Å². The summed E-state index contributed by atoms with van der Waals surface area (Å²) in [4.78, 5) is 0. The molecular weight excluding hydrogens is 239 g/mol. The van der Waals surface area contributed by atoms with Crippen LogP contribution in [0, 0.1) is 5.41 Å². The van der Waals surface area contributed by atoms with Gasteiger partial charge in [0.05, 0.1) is 5.56 Å². The minimum absolute atomic E-state index is 0.0512. The van der Waals surface area contributed by atoms with E-state index in [1.807, 2.05) is 6.92 Å². The number of nitrogens with one attached hydrogen (secondary N) is 1. The van der Waals surface area contributed by atoms with Crippen LogP contribution < -0.4 is 5.32 Å². The summed E-state index contributed by atoms with van der Waals surface area (Å²) in [6.07, 6.45) is -1.86. The van der Waals surface area contributed by atoms with E-state index < -0.39 is 11.7 Å². The van der Waals surface area contributed by atoms with Crippen molar-refractivity contribution in [1.82, 2.24) is 5.32 Å². The Kier molecular flexibility index (Phi) is 3.41. The molecule has 1 unspecified atom stereocenters. The van der Waals surface area contributed by atoms with Crippen molar-refractivity contribution in [2.24, 2.45) is 5.41 Å². The van der Waals surface area contributed by atoms with Gasteiger partial charge in [0.1, 0.15) is 0 Å². The van der Waals surface area contributed by atoms with Gasteiger partial charge in [0.2, 0.25) is 0 Å². The van der Waals surface area contributed by atoms with Crippen LogP contribution in [0.25, 0.3) is 0 Å². The molecule has 0 spiro atoms. The molecule has 18 heavy (non-hydrogen) atoms. The second kappa shape index (κ2) is 4.57. The first-order valence-corrected chi connectivity index (χ1v) is 6.21. The largest absolute Gasteiger partial charge is 0.416 e. The van der Waals surface area contributed by atoms with E-state index in [9.17, 15) is 13.2 Å². The van der Waals surface area contributed by atoms with Crippen LogP contribution in [0.15, 0.2) is 24.3 Å². The second-order valence-electron chi connectivity index (χ2n) is 5.54. The third-order valence-electron chi connectivity index (χ3n) is 3.65. The fourth-order valence-corrected chi connectivity index (χ4v) is 1.89. The van der Waals surface area contributed by atoms with Crippen molar-refractivity contribution in [2.75, 3.05) is 6.54 Å². The molecule has 1 atom stereocenters. The molecule has 1 aromatic rings. The molecule has 2 rings (SSSR count). The average Bonchev–Trinajstić information content (AvgIpc) is 3.04. The molecule has 1 aliphatic rings. The van der Waals surface area contributed by atoms with Crippen molar-refractivity contribution in [1.29, 1.82) is 0 Å². The van der Waals surface area contributed by atoms with Crippen molar-refractivity contribution in [3.8, 4) is 0 Å². The molecule has 0 radical (unpaired) electrons. The molecule has 4 heteroatoms. The van der Waals surface area contributed by atoms with E-state index in [0.29, 0.717) is 11.0 Å². The SMILES string of the molecule is CC(NCC1(C)CC1)c1cccc(C(F)(F)F)c1. The van der Waals surface area contributed by atoms with Gasteiger partial charge in [-0.3, -0.25) is 0 Å². The van der Waals surface area contributed by atoms with Gasteiger partial charge in [-0.1, -0.05) is 19.1 Å². The van der Waals surface area contributed by atoms with Crippen molar-refractivity contribution >= 4 is 0 Å². The summed E-state index contributed by atoms with van der Waals surface area (Å²) in [5.74, 6) is 0. The number of rotatable bonds is 4. The molecule has 1 aromatic carbocycles. The summed E-state index contributed by atoms with van der Waals surface area (Å²) < 4.78 is 37.8. The Bertz CT molecular complexity index is 421. The van der Waals surface area contributed by atoms with E-state index in [4.69, 9.17) is 0 Å². The molecule has 1 fully saturated rings. The molecule has 1 aliphatic carbocycles. The first-order valence-electron chi connectivity index (χ1n) is 6.21. The molecular formula is C14H18F3N. The highest BCUT2D eigenvalue weighted by molar-refractivity contribution is 5.27. The van der Waals surface area contributed by atoms with E-state index in [-0.39, 0.29) is 6.04 Å². The predicted molar refractivity (Wildman–Crippen MR) is 65.2 cm³/mol. The van der Waals surface area contributed by atoms with E-state index in [0.717, 1.165) is 12.6 Å². The molecule has 0 saturated heterocycles. The zero-order valence-electron chi connectivity index (χ0n) is 10.6. The summed E-state index contributed by atoms with van der Waals surface area (Å²) in [5, 5.41) is 3.31. The standard InChI is InChI=1S/C14H18F3N/c1-10(18-9-13(2)6-7-13)11-4-3-5-12(8-11)14(15,16)17/h3-5,8,10,18H,6-7,9H2,1-2H3. The fraction of sp³-hybridized carbons (Fsp3) is 0.571. The summed E-state index contributed by atoms with van der Waals surface area (Å²) in [7, 11) is 0. The number of alkyl halides is 3. The first kappa shape index (κ1) is 13.4. The van der Waals surface area contributed by atoms with Crippen molar-refractivity contribution in [3.05, 3.63) is 35.4 Å². The highest BCUT2D eigenvalue weighted by Gasteiger charge is 2.37. The number of halogens is 3. The zero-order valence-corrected chi connectivity index (χ0v) is 10.6. The minimum atomic E-state index is -4.27. The molecule has 0 bridgehead atoms. The molecule has 0 aromatic heterocycles. The van der Waals surface area contributed by atoms with Gasteiger partial charge in [-0.25, -0.2) is 0 Å². The Hall–Kier alpha value is -1.03. The smallest absolute Gasteiger partial charge is 0.310 e. The van der Waals surface area contributed by atoms with E-state index in [1.165, 1.54) is 25.0 Å². The van der Waals surface area contributed by atoms with Crippen molar-refractivity contribution in [3.63, 3.8) is 0 Å². The van der Waals surface area contributed by atoms with Gasteiger partial charge in [0.25, 0.3) is 0 Å². The summed E-state index contributed by atoms with van der Waals surface area (Å²) in [5.41, 5.74) is 0.468. The van der Waals surface area contributed by atoms with Gasteiger partial charge in [0, 0.05) is 12.6 Å². The number of benzene rings is 1. The zero-order chi connectivity index (χ0) is 13.4. The third-order valence-corrected chi connectivity index (χ3v) is 3.65. The topological polar surface area (TPSA) is 12.0 Å². The monoisotopic (exact) mass is 257 g/mol. The van der Waals surface area contributed by atoms with E-state index in [1.54, 1.807) is 6.07 Å². The number of hydrogen-bond acceptors (Lipinski definition) is 1. The third kappa shape index (κ3) is 3.25. The van der Waals surface area contributed by atoms with Gasteiger partial charge < -0.3 is 5.32 Å². The lowest BCUT2D eigenvalue weighted by Gasteiger charge is -2.18. The van der Waals surface area contributed by atoms with E-state index >= 15 is 0 Å². The quantitative estimate of drug-likeness (QED) is 0.854. The van der Waals surface area contributed by atoms with Crippen molar-refractivity contribution in [2.45, 2.75) is 38.9 Å². The van der Waals surface area contributed by atoms with E-state index in [2.05, 4.69) is 12.2 Å².